The van der Waals surface area contributed by atoms with E-state index in [-0.39, 0.29) is 0 Å². The molecule has 0 fully saturated rings. The lowest BCUT2D eigenvalue weighted by Gasteiger charge is -2.19. The van der Waals surface area contributed by atoms with Gasteiger partial charge in [0.25, 0.3) is 0 Å². The zero-order valence-corrected chi connectivity index (χ0v) is 15.3. The molecule has 0 aliphatic heterocycles. The van der Waals surface area contributed by atoms with Crippen LogP contribution < -0.4 is 15.4 Å². The number of carbonyl (C=O) groups excluding carboxylic acids is 1. The van der Waals surface area contributed by atoms with Crippen molar-refractivity contribution in [3.8, 4) is 5.75 Å². The smallest absolute Gasteiger partial charge is 0.412 e. The highest BCUT2D eigenvalue weighted by molar-refractivity contribution is 5.85. The molecule has 0 unspecified atom stereocenters. The lowest BCUT2D eigenvalue weighted by Crippen LogP contribution is -2.27. The average molecular weight is 342 g/mol. The molecule has 2 rings (SSSR count). The van der Waals surface area contributed by atoms with Gasteiger partial charge in [0.15, 0.2) is 0 Å². The fraction of sp³-hybridized carbons (Fsp3) is 0.350. The topological polar surface area (TPSA) is 59.6 Å². The minimum Gasteiger partial charge on any atom is -0.494 e. The Balaban J connectivity index is 1.95. The molecule has 5 heteroatoms. The first-order valence-electron chi connectivity index (χ1n) is 8.41. The van der Waals surface area contributed by atoms with Crippen LogP contribution in [-0.2, 0) is 11.3 Å². The van der Waals surface area contributed by atoms with Gasteiger partial charge in [-0.1, -0.05) is 18.2 Å². The summed E-state index contributed by atoms with van der Waals surface area (Å²) in [5.41, 5.74) is 2.19. The van der Waals surface area contributed by atoms with Crippen LogP contribution in [0.5, 0.6) is 5.75 Å². The van der Waals surface area contributed by atoms with Gasteiger partial charge in [-0.15, -0.1) is 0 Å². The van der Waals surface area contributed by atoms with Crippen LogP contribution in [0.1, 0.15) is 33.3 Å². The molecule has 25 heavy (non-hydrogen) atoms. The van der Waals surface area contributed by atoms with Crippen LogP contribution in [-0.4, -0.2) is 18.3 Å². The molecule has 2 aromatic rings. The number of carbonyl (C=O) groups is 1. The van der Waals surface area contributed by atoms with Crippen LogP contribution in [0.3, 0.4) is 0 Å². The van der Waals surface area contributed by atoms with E-state index in [9.17, 15) is 4.79 Å². The van der Waals surface area contributed by atoms with E-state index in [2.05, 4.69) is 10.6 Å². The molecule has 0 radical (unpaired) electrons. The maximum atomic E-state index is 11.9. The van der Waals surface area contributed by atoms with Crippen molar-refractivity contribution in [1.82, 2.24) is 0 Å². The number of ether oxygens (including phenoxy) is 2. The number of nitrogens with one attached hydrogen (secondary N) is 2. The third-order valence-corrected chi connectivity index (χ3v) is 3.21. The summed E-state index contributed by atoms with van der Waals surface area (Å²) in [6, 6.07) is 15.5. The van der Waals surface area contributed by atoms with Gasteiger partial charge in [0.1, 0.15) is 11.4 Å². The van der Waals surface area contributed by atoms with Crippen LogP contribution in [0.2, 0.25) is 0 Å². The highest BCUT2D eigenvalue weighted by atomic mass is 16.6. The molecule has 0 bridgehead atoms. The standard InChI is InChI=1S/C20H26N2O3/c1-5-24-18-11-6-8-15(12-18)14-21-16-9-7-10-17(13-16)22-19(23)25-20(2,3)4/h6-13,21H,5,14H2,1-4H3,(H,22,23). The van der Waals surface area contributed by atoms with Crippen molar-refractivity contribution in [3.63, 3.8) is 0 Å². The number of hydrogen-bond acceptors (Lipinski definition) is 4. The molecule has 0 aromatic heterocycles. The monoisotopic (exact) mass is 342 g/mol. The minimum atomic E-state index is -0.522. The Labute approximate surface area is 149 Å². The fourth-order valence-electron chi connectivity index (χ4n) is 2.24. The van der Waals surface area contributed by atoms with E-state index in [0.717, 1.165) is 17.0 Å². The number of anilines is 2. The first-order chi connectivity index (χ1) is 11.9. The predicted molar refractivity (Wildman–Crippen MR) is 101 cm³/mol. The van der Waals surface area contributed by atoms with Gasteiger partial charge in [0.2, 0.25) is 0 Å². The van der Waals surface area contributed by atoms with Gasteiger partial charge in [-0.2, -0.15) is 0 Å². The van der Waals surface area contributed by atoms with Gasteiger partial charge in [-0.25, -0.2) is 4.79 Å². The van der Waals surface area contributed by atoms with E-state index in [0.29, 0.717) is 18.8 Å². The second-order valence-corrected chi connectivity index (χ2v) is 6.64. The van der Waals surface area contributed by atoms with E-state index in [4.69, 9.17) is 9.47 Å². The van der Waals surface area contributed by atoms with Gasteiger partial charge in [-0.05, 0) is 63.6 Å². The summed E-state index contributed by atoms with van der Waals surface area (Å²) < 4.78 is 10.8. The summed E-state index contributed by atoms with van der Waals surface area (Å²) in [7, 11) is 0. The number of benzene rings is 2. The van der Waals surface area contributed by atoms with Gasteiger partial charge in [-0.3, -0.25) is 5.32 Å². The maximum absolute atomic E-state index is 11.9. The van der Waals surface area contributed by atoms with Gasteiger partial charge >= 0.3 is 6.09 Å². The first-order valence-corrected chi connectivity index (χ1v) is 8.41. The van der Waals surface area contributed by atoms with E-state index in [1.807, 2.05) is 76.2 Å². The molecule has 2 aromatic carbocycles. The predicted octanol–water partition coefficient (Wildman–Crippen LogP) is 5.04. The van der Waals surface area contributed by atoms with Crippen molar-refractivity contribution in [2.75, 3.05) is 17.2 Å². The molecule has 0 heterocycles. The normalized spacial score (nSPS) is 10.9. The molecule has 5 nitrogen and oxygen atoms in total. The highest BCUT2D eigenvalue weighted by Gasteiger charge is 2.16. The zero-order chi connectivity index (χ0) is 18.3. The van der Waals surface area contributed by atoms with E-state index < -0.39 is 11.7 Å². The second-order valence-electron chi connectivity index (χ2n) is 6.64. The summed E-state index contributed by atoms with van der Waals surface area (Å²) in [5, 5.41) is 6.09. The Kier molecular flexibility index (Phi) is 6.28. The number of amides is 1. The van der Waals surface area contributed by atoms with E-state index in [1.54, 1.807) is 0 Å². The summed E-state index contributed by atoms with van der Waals surface area (Å²) in [4.78, 5) is 11.9. The second kappa shape index (κ2) is 8.42. The molecule has 0 aliphatic rings. The van der Waals surface area contributed by atoms with Gasteiger partial charge in [0.05, 0.1) is 6.61 Å². The molecule has 0 saturated carbocycles. The van der Waals surface area contributed by atoms with Crippen molar-refractivity contribution in [2.24, 2.45) is 0 Å². The first kappa shape index (κ1) is 18.6. The van der Waals surface area contributed by atoms with Crippen LogP contribution in [0.15, 0.2) is 48.5 Å². The number of rotatable bonds is 6. The Morgan fingerprint density at radius 1 is 1.04 bits per heavy atom. The van der Waals surface area contributed by atoms with Crippen molar-refractivity contribution in [1.29, 1.82) is 0 Å². The van der Waals surface area contributed by atoms with Crippen molar-refractivity contribution < 1.29 is 14.3 Å². The molecular formula is C20H26N2O3. The third kappa shape index (κ3) is 6.75. The third-order valence-electron chi connectivity index (χ3n) is 3.21. The van der Waals surface area contributed by atoms with Crippen molar-refractivity contribution in [3.05, 3.63) is 54.1 Å². The van der Waals surface area contributed by atoms with E-state index in [1.165, 1.54) is 0 Å². The van der Waals surface area contributed by atoms with Gasteiger partial charge in [0, 0.05) is 17.9 Å². The molecule has 0 saturated heterocycles. The minimum absolute atomic E-state index is 0.464. The van der Waals surface area contributed by atoms with Gasteiger partial charge < -0.3 is 14.8 Å². The zero-order valence-electron chi connectivity index (χ0n) is 15.3. The molecule has 0 aliphatic carbocycles. The van der Waals surface area contributed by atoms with Crippen LogP contribution >= 0.6 is 0 Å². The Morgan fingerprint density at radius 3 is 2.48 bits per heavy atom. The lowest BCUT2D eigenvalue weighted by atomic mass is 10.2. The molecular weight excluding hydrogens is 316 g/mol. The Hall–Kier alpha value is -2.69. The van der Waals surface area contributed by atoms with Crippen molar-refractivity contribution >= 4 is 17.5 Å². The average Bonchev–Trinajstić information content (AvgIpc) is 2.52. The largest absolute Gasteiger partial charge is 0.494 e. The quantitative estimate of drug-likeness (QED) is 0.772. The SMILES string of the molecule is CCOc1cccc(CNc2cccc(NC(=O)OC(C)(C)C)c2)c1. The fourth-order valence-corrected chi connectivity index (χ4v) is 2.24. The summed E-state index contributed by atoms with van der Waals surface area (Å²) in [6.07, 6.45) is -0.464. The van der Waals surface area contributed by atoms with E-state index >= 15 is 0 Å². The molecule has 0 atom stereocenters. The molecule has 2 N–H and O–H groups in total. The molecule has 134 valence electrons. The summed E-state index contributed by atoms with van der Waals surface area (Å²) >= 11 is 0. The molecule has 1 amide bonds. The Morgan fingerprint density at radius 2 is 1.76 bits per heavy atom. The van der Waals surface area contributed by atoms with Crippen LogP contribution in [0.4, 0.5) is 16.2 Å². The maximum Gasteiger partial charge on any atom is 0.412 e. The summed E-state index contributed by atoms with van der Waals surface area (Å²) in [5.74, 6) is 0.863. The Bertz CT molecular complexity index is 708. The lowest BCUT2D eigenvalue weighted by molar-refractivity contribution is 0.0636. The van der Waals surface area contributed by atoms with Crippen LogP contribution in [0, 0.1) is 0 Å². The molecule has 0 spiro atoms. The summed E-state index contributed by atoms with van der Waals surface area (Å²) in [6.45, 7) is 8.78. The van der Waals surface area contributed by atoms with Crippen LogP contribution in [0.25, 0.3) is 0 Å². The van der Waals surface area contributed by atoms with Crippen molar-refractivity contribution in [2.45, 2.75) is 39.8 Å². The highest BCUT2D eigenvalue weighted by Crippen LogP contribution is 2.19. The number of hydrogen-bond donors (Lipinski definition) is 2.